The number of fused-ring (bicyclic) bond motifs is 1. The second kappa shape index (κ2) is 13.8. The fraction of sp³-hybridized carbons (Fsp3) is 0.447. The first-order valence-corrected chi connectivity index (χ1v) is 18.2. The Balaban J connectivity index is 0.956. The molecule has 0 bridgehead atoms. The van der Waals surface area contributed by atoms with E-state index in [1.807, 2.05) is 42.3 Å². The third-order valence-corrected chi connectivity index (χ3v) is 11.9. The standard InChI is InChI=1S/C38H43BrN6O5/c1-41-20-27(19-29(22-41)43(3)31-14-15-42(2)38(50)34(31)39)23-4-6-25(7-5-23)36(48)44-16-12-24(13-17-44)26-8-9-30-28(18-26)21-45(37(30)49)32-10-11-33(46)40-35(32)47/h4-9,14-15,18,24,27,29,32H,10-13,16-17,19-22H2,1-3H3,(H,40,46,47)/t27-,29+,32?/m0/s1. The number of rotatable bonds is 6. The van der Waals surface area contributed by atoms with Crippen molar-refractivity contribution in [2.45, 2.75) is 62.6 Å². The molecule has 0 saturated carbocycles. The summed E-state index contributed by atoms with van der Waals surface area (Å²) >= 11 is 3.52. The fourth-order valence-corrected chi connectivity index (χ4v) is 8.90. The maximum Gasteiger partial charge on any atom is 0.266 e. The van der Waals surface area contributed by atoms with Crippen LogP contribution < -0.4 is 15.8 Å². The number of piperidine rings is 3. The molecule has 50 heavy (non-hydrogen) atoms. The number of amides is 4. The summed E-state index contributed by atoms with van der Waals surface area (Å²) in [6, 6.07) is 15.7. The summed E-state index contributed by atoms with van der Waals surface area (Å²) in [7, 11) is 5.93. The molecule has 3 atom stereocenters. The van der Waals surface area contributed by atoms with Crippen molar-refractivity contribution < 1.29 is 19.2 Å². The number of carbonyl (C=O) groups is 4. The number of likely N-dealkylation sites (N-methyl/N-ethyl adjacent to an activating group) is 2. The second-order valence-electron chi connectivity index (χ2n) is 14.4. The molecule has 3 saturated heterocycles. The van der Waals surface area contributed by atoms with Crippen LogP contribution in [0.25, 0.3) is 0 Å². The Morgan fingerprint density at radius 2 is 1.62 bits per heavy atom. The molecular weight excluding hydrogens is 700 g/mol. The molecule has 1 unspecified atom stereocenters. The Kier molecular flexibility index (Phi) is 9.42. The molecule has 1 N–H and O–H groups in total. The van der Waals surface area contributed by atoms with Gasteiger partial charge in [-0.3, -0.25) is 29.3 Å². The topological polar surface area (TPSA) is 115 Å². The van der Waals surface area contributed by atoms with Gasteiger partial charge in [0.05, 0.1) is 5.69 Å². The minimum absolute atomic E-state index is 0.0447. The third kappa shape index (κ3) is 6.51. The van der Waals surface area contributed by atoms with E-state index in [1.54, 1.807) is 22.7 Å². The summed E-state index contributed by atoms with van der Waals surface area (Å²) < 4.78 is 2.14. The van der Waals surface area contributed by atoms with Gasteiger partial charge in [0.2, 0.25) is 11.8 Å². The first-order valence-electron chi connectivity index (χ1n) is 17.4. The third-order valence-electron chi connectivity index (χ3n) is 11.2. The van der Waals surface area contributed by atoms with Crippen LogP contribution in [0.4, 0.5) is 5.69 Å². The number of nitrogens with one attached hydrogen (secondary N) is 1. The number of anilines is 1. The van der Waals surface area contributed by atoms with Gasteiger partial charge in [-0.15, -0.1) is 0 Å². The van der Waals surface area contributed by atoms with Gasteiger partial charge in [-0.2, -0.15) is 0 Å². The van der Waals surface area contributed by atoms with E-state index in [1.165, 1.54) is 5.56 Å². The number of aromatic nitrogens is 1. The molecule has 0 radical (unpaired) electrons. The van der Waals surface area contributed by atoms with Crippen molar-refractivity contribution in [1.82, 2.24) is 24.6 Å². The first kappa shape index (κ1) is 34.2. The molecule has 2 aromatic carbocycles. The second-order valence-corrected chi connectivity index (χ2v) is 15.1. The van der Waals surface area contributed by atoms with Crippen molar-refractivity contribution in [2.75, 3.05) is 45.2 Å². The maximum atomic E-state index is 13.6. The zero-order valence-corrected chi connectivity index (χ0v) is 30.3. The highest BCUT2D eigenvalue weighted by Gasteiger charge is 2.39. The van der Waals surface area contributed by atoms with Gasteiger partial charge < -0.3 is 24.2 Å². The quantitative estimate of drug-likeness (QED) is 0.382. The molecule has 11 nitrogen and oxygen atoms in total. The number of pyridine rings is 1. The molecule has 262 valence electrons. The number of hydrogen-bond donors (Lipinski definition) is 1. The lowest BCUT2D eigenvalue weighted by Gasteiger charge is -2.41. The largest absolute Gasteiger partial charge is 0.369 e. The molecule has 4 aliphatic heterocycles. The van der Waals surface area contributed by atoms with E-state index in [-0.39, 0.29) is 41.7 Å². The normalized spacial score (nSPS) is 23.2. The zero-order chi connectivity index (χ0) is 35.3. The number of imide groups is 1. The van der Waals surface area contributed by atoms with Gasteiger partial charge in [-0.1, -0.05) is 24.3 Å². The van der Waals surface area contributed by atoms with E-state index in [2.05, 4.69) is 56.3 Å². The highest BCUT2D eigenvalue weighted by molar-refractivity contribution is 9.10. The van der Waals surface area contributed by atoms with Gasteiger partial charge in [-0.25, -0.2) is 0 Å². The van der Waals surface area contributed by atoms with Crippen molar-refractivity contribution >= 4 is 45.2 Å². The number of likely N-dealkylation sites (tertiary alicyclic amines) is 2. The lowest BCUT2D eigenvalue weighted by atomic mass is 9.86. The van der Waals surface area contributed by atoms with Crippen molar-refractivity contribution in [3.63, 3.8) is 0 Å². The highest BCUT2D eigenvalue weighted by atomic mass is 79.9. The fourth-order valence-electron chi connectivity index (χ4n) is 8.21. The first-order chi connectivity index (χ1) is 24.0. The molecule has 5 heterocycles. The average molecular weight is 744 g/mol. The summed E-state index contributed by atoms with van der Waals surface area (Å²) in [5, 5.41) is 2.36. The summed E-state index contributed by atoms with van der Waals surface area (Å²) in [5.41, 5.74) is 5.42. The van der Waals surface area contributed by atoms with Gasteiger partial charge >= 0.3 is 0 Å². The van der Waals surface area contributed by atoms with E-state index >= 15 is 0 Å². The summed E-state index contributed by atoms with van der Waals surface area (Å²) in [4.78, 5) is 71.3. The van der Waals surface area contributed by atoms with Crippen LogP contribution in [0.1, 0.15) is 81.3 Å². The Morgan fingerprint density at radius 1 is 0.900 bits per heavy atom. The highest BCUT2D eigenvalue weighted by Crippen LogP contribution is 2.35. The van der Waals surface area contributed by atoms with Gasteiger partial charge in [0, 0.05) is 76.6 Å². The average Bonchev–Trinajstić information content (AvgIpc) is 3.44. The summed E-state index contributed by atoms with van der Waals surface area (Å²) in [6.45, 7) is 3.49. The predicted octanol–water partition coefficient (Wildman–Crippen LogP) is 3.85. The van der Waals surface area contributed by atoms with Gasteiger partial charge in [0.25, 0.3) is 17.4 Å². The number of benzene rings is 2. The van der Waals surface area contributed by atoms with Crippen molar-refractivity contribution in [3.8, 4) is 0 Å². The van der Waals surface area contributed by atoms with Crippen LogP contribution in [-0.2, 0) is 23.2 Å². The number of carbonyl (C=O) groups excluding carboxylic acids is 4. The molecule has 7 rings (SSSR count). The molecule has 3 aromatic rings. The number of hydrogen-bond acceptors (Lipinski definition) is 7. The van der Waals surface area contributed by atoms with E-state index < -0.39 is 11.9 Å². The zero-order valence-electron chi connectivity index (χ0n) is 28.7. The Bertz CT molecular complexity index is 1900. The van der Waals surface area contributed by atoms with Crippen LogP contribution in [0, 0.1) is 0 Å². The van der Waals surface area contributed by atoms with Gasteiger partial charge in [-0.05, 0) is 101 Å². The SMILES string of the molecule is CN1C[C@@H](c2ccc(C(=O)N3CCC(c4ccc5c(c4)CN(C4CCC(=O)NC4=O)C5=O)CC3)cc2)C[C@@H](N(C)c2ccn(C)c(=O)c2Br)C1. The minimum atomic E-state index is -0.623. The molecular formula is C38H43BrN6O5. The van der Waals surface area contributed by atoms with Crippen molar-refractivity contribution in [1.29, 1.82) is 0 Å². The van der Waals surface area contributed by atoms with Crippen LogP contribution in [0.5, 0.6) is 0 Å². The number of nitrogens with zero attached hydrogens (tertiary/aromatic N) is 5. The molecule has 0 aliphatic carbocycles. The summed E-state index contributed by atoms with van der Waals surface area (Å²) in [5.74, 6) is -0.240. The van der Waals surface area contributed by atoms with Crippen LogP contribution in [-0.4, -0.2) is 95.3 Å². The molecule has 0 spiro atoms. The molecule has 3 fully saturated rings. The van der Waals surface area contributed by atoms with E-state index in [9.17, 15) is 24.0 Å². The minimum Gasteiger partial charge on any atom is -0.369 e. The Hall–Kier alpha value is -4.29. The smallest absolute Gasteiger partial charge is 0.266 e. The maximum absolute atomic E-state index is 13.6. The Morgan fingerprint density at radius 3 is 2.34 bits per heavy atom. The lowest BCUT2D eigenvalue weighted by Crippen LogP contribution is -2.52. The predicted molar refractivity (Wildman–Crippen MR) is 193 cm³/mol. The van der Waals surface area contributed by atoms with E-state index in [4.69, 9.17) is 0 Å². The molecule has 4 amide bonds. The van der Waals surface area contributed by atoms with Gasteiger partial charge in [0.1, 0.15) is 10.5 Å². The van der Waals surface area contributed by atoms with Crippen molar-refractivity contribution in [3.05, 3.63) is 97.4 Å². The summed E-state index contributed by atoms with van der Waals surface area (Å²) in [6.07, 6.45) is 4.99. The van der Waals surface area contributed by atoms with Crippen LogP contribution in [0.3, 0.4) is 0 Å². The monoisotopic (exact) mass is 742 g/mol. The Labute approximate surface area is 300 Å². The van der Waals surface area contributed by atoms with Crippen molar-refractivity contribution in [2.24, 2.45) is 7.05 Å². The van der Waals surface area contributed by atoms with Crippen LogP contribution in [0.2, 0.25) is 0 Å². The molecule has 12 heteroatoms. The van der Waals surface area contributed by atoms with E-state index in [0.717, 1.165) is 49.2 Å². The lowest BCUT2D eigenvalue weighted by molar-refractivity contribution is -0.136. The number of aryl methyl sites for hydroxylation is 1. The van der Waals surface area contributed by atoms with Crippen LogP contribution in [0.15, 0.2) is 64.0 Å². The van der Waals surface area contributed by atoms with Gasteiger partial charge in [0.15, 0.2) is 0 Å². The van der Waals surface area contributed by atoms with Crippen LogP contribution >= 0.6 is 15.9 Å². The molecule has 1 aromatic heterocycles. The van der Waals surface area contributed by atoms with E-state index in [0.29, 0.717) is 47.6 Å². The molecule has 4 aliphatic rings. The number of halogens is 1.